The summed E-state index contributed by atoms with van der Waals surface area (Å²) in [5.74, 6) is -1.72. The van der Waals surface area contributed by atoms with Crippen LogP contribution in [0.25, 0.3) is 0 Å². The van der Waals surface area contributed by atoms with Gasteiger partial charge in [-0.1, -0.05) is 0 Å². The molecule has 0 spiro atoms. The van der Waals surface area contributed by atoms with Crippen molar-refractivity contribution < 1.29 is 24.5 Å². The highest BCUT2D eigenvalue weighted by molar-refractivity contribution is 5.85. The zero-order valence-corrected chi connectivity index (χ0v) is 9.68. The lowest BCUT2D eigenvalue weighted by Gasteiger charge is -2.26. The lowest BCUT2D eigenvalue weighted by molar-refractivity contribution is -0.139. The van der Waals surface area contributed by atoms with E-state index >= 15 is 0 Å². The maximum atomic E-state index is 11.4. The second kappa shape index (κ2) is 5.44. The van der Waals surface area contributed by atoms with Crippen molar-refractivity contribution in [2.45, 2.75) is 37.5 Å². The predicted molar refractivity (Wildman–Crippen MR) is 58.2 cm³/mol. The monoisotopic (exact) mass is 246 g/mol. The van der Waals surface area contributed by atoms with Crippen LogP contribution in [0.15, 0.2) is 0 Å². The maximum absolute atomic E-state index is 11.4. The molecule has 17 heavy (non-hydrogen) atoms. The van der Waals surface area contributed by atoms with Crippen molar-refractivity contribution in [2.24, 2.45) is 5.73 Å². The van der Waals surface area contributed by atoms with Crippen LogP contribution in [0.4, 0.5) is 0 Å². The Morgan fingerprint density at radius 2 is 2.29 bits per heavy atom. The molecule has 0 aliphatic carbocycles. The van der Waals surface area contributed by atoms with Crippen molar-refractivity contribution in [3.8, 4) is 0 Å². The van der Waals surface area contributed by atoms with Crippen LogP contribution in [0.1, 0.15) is 19.8 Å². The largest absolute Gasteiger partial charge is 0.481 e. The fourth-order valence-corrected chi connectivity index (χ4v) is 1.66. The van der Waals surface area contributed by atoms with Crippen LogP contribution in [0.5, 0.6) is 0 Å². The van der Waals surface area contributed by atoms with E-state index < -0.39 is 29.9 Å². The van der Waals surface area contributed by atoms with Gasteiger partial charge in [-0.15, -0.1) is 0 Å². The Labute approximate surface area is 98.9 Å². The number of hydrogen-bond donors (Lipinski definition) is 4. The molecule has 0 bridgehead atoms. The Hall–Kier alpha value is -1.18. The van der Waals surface area contributed by atoms with E-state index in [0.29, 0.717) is 13.0 Å². The molecule has 1 fully saturated rings. The van der Waals surface area contributed by atoms with Crippen LogP contribution in [-0.4, -0.2) is 53.0 Å². The molecule has 1 rings (SSSR count). The third-order valence-electron chi connectivity index (χ3n) is 2.96. The number of carbonyl (C=O) groups excluding carboxylic acids is 1. The second-order valence-electron chi connectivity index (χ2n) is 4.29. The fourth-order valence-electron chi connectivity index (χ4n) is 1.66. The Morgan fingerprint density at radius 3 is 2.76 bits per heavy atom. The number of ether oxygens (including phenoxy) is 1. The van der Waals surface area contributed by atoms with Gasteiger partial charge in [0.25, 0.3) is 0 Å². The average Bonchev–Trinajstić information content (AvgIpc) is 2.55. The number of nitrogens with one attached hydrogen (secondary N) is 1. The van der Waals surface area contributed by atoms with E-state index in [0.717, 1.165) is 0 Å². The van der Waals surface area contributed by atoms with Crippen LogP contribution >= 0.6 is 0 Å². The number of hydrogen-bond acceptors (Lipinski definition) is 5. The van der Waals surface area contributed by atoms with Crippen LogP contribution in [0.2, 0.25) is 0 Å². The first-order chi connectivity index (χ1) is 7.85. The molecular weight excluding hydrogens is 228 g/mol. The van der Waals surface area contributed by atoms with Gasteiger partial charge in [0.1, 0.15) is 5.60 Å². The number of amides is 1. The summed E-state index contributed by atoms with van der Waals surface area (Å²) in [6.45, 7) is 2.17. The number of nitrogens with two attached hydrogens (primary N) is 1. The first-order valence-corrected chi connectivity index (χ1v) is 5.44. The first kappa shape index (κ1) is 13.9. The highest BCUT2D eigenvalue weighted by atomic mass is 16.5. The summed E-state index contributed by atoms with van der Waals surface area (Å²) < 4.78 is 5.20. The summed E-state index contributed by atoms with van der Waals surface area (Å²) in [7, 11) is 0. The van der Waals surface area contributed by atoms with Gasteiger partial charge in [0.05, 0.1) is 18.6 Å². The number of carboxylic acids is 1. The van der Waals surface area contributed by atoms with Crippen molar-refractivity contribution in [3.63, 3.8) is 0 Å². The maximum Gasteiger partial charge on any atom is 0.305 e. The first-order valence-electron chi connectivity index (χ1n) is 5.44. The third kappa shape index (κ3) is 3.65. The predicted octanol–water partition coefficient (Wildman–Crippen LogP) is -1.56. The van der Waals surface area contributed by atoms with Gasteiger partial charge in [-0.3, -0.25) is 9.59 Å². The quantitative estimate of drug-likeness (QED) is 0.465. The Morgan fingerprint density at radius 1 is 1.65 bits per heavy atom. The molecule has 0 aromatic heterocycles. The molecule has 1 heterocycles. The van der Waals surface area contributed by atoms with Crippen LogP contribution in [0, 0.1) is 0 Å². The molecule has 1 saturated heterocycles. The summed E-state index contributed by atoms with van der Waals surface area (Å²) in [4.78, 5) is 21.8. The zero-order valence-electron chi connectivity index (χ0n) is 9.68. The molecule has 1 aliphatic rings. The Kier molecular flexibility index (Phi) is 4.44. The molecule has 5 N–H and O–H groups in total. The normalized spacial score (nSPS) is 29.9. The molecule has 1 aliphatic heterocycles. The van der Waals surface area contributed by atoms with Gasteiger partial charge >= 0.3 is 5.97 Å². The average molecular weight is 246 g/mol. The number of aliphatic hydroxyl groups is 1. The van der Waals surface area contributed by atoms with Crippen molar-refractivity contribution in [2.75, 3.05) is 13.2 Å². The molecule has 0 aromatic carbocycles. The van der Waals surface area contributed by atoms with E-state index in [-0.39, 0.29) is 12.6 Å². The molecular formula is C10H18N2O5. The minimum Gasteiger partial charge on any atom is -0.481 e. The number of aliphatic carboxylic acids is 1. The van der Waals surface area contributed by atoms with Crippen LogP contribution in [0.3, 0.4) is 0 Å². The standard InChI is InChI=1S/C10H18N2O5/c1-6-10(16,2-3-17-6)5-12-9(15)7(11)4-8(13)14/h6-7,16H,2-5,11H2,1H3,(H,12,15)(H,13,14). The van der Waals surface area contributed by atoms with Gasteiger partial charge in [0, 0.05) is 19.6 Å². The van der Waals surface area contributed by atoms with Crippen LogP contribution < -0.4 is 11.1 Å². The van der Waals surface area contributed by atoms with Crippen molar-refractivity contribution in [1.29, 1.82) is 0 Å². The lowest BCUT2D eigenvalue weighted by Crippen LogP contribution is -2.51. The van der Waals surface area contributed by atoms with Gasteiger partial charge in [0.15, 0.2) is 0 Å². The smallest absolute Gasteiger partial charge is 0.305 e. The summed E-state index contributed by atoms with van der Waals surface area (Å²) >= 11 is 0. The molecule has 98 valence electrons. The highest BCUT2D eigenvalue weighted by Gasteiger charge is 2.39. The van der Waals surface area contributed by atoms with E-state index in [4.69, 9.17) is 15.6 Å². The SMILES string of the molecule is CC1OCCC1(O)CNC(=O)C(N)CC(=O)O. The highest BCUT2D eigenvalue weighted by Crippen LogP contribution is 2.24. The minimum atomic E-state index is -1.14. The van der Waals surface area contributed by atoms with Gasteiger partial charge in [-0.2, -0.15) is 0 Å². The molecule has 0 saturated carbocycles. The molecule has 7 heteroatoms. The zero-order chi connectivity index (χ0) is 13.1. The molecule has 0 radical (unpaired) electrons. The lowest BCUT2D eigenvalue weighted by atomic mass is 9.96. The topological polar surface area (TPSA) is 122 Å². The van der Waals surface area contributed by atoms with Gasteiger partial charge < -0.3 is 26.0 Å². The molecule has 3 unspecified atom stereocenters. The third-order valence-corrected chi connectivity index (χ3v) is 2.96. The summed E-state index contributed by atoms with van der Waals surface area (Å²) in [5.41, 5.74) is 4.28. The van der Waals surface area contributed by atoms with E-state index in [1.807, 2.05) is 0 Å². The van der Waals surface area contributed by atoms with Gasteiger partial charge in [-0.25, -0.2) is 0 Å². The van der Waals surface area contributed by atoms with Crippen molar-refractivity contribution >= 4 is 11.9 Å². The van der Waals surface area contributed by atoms with Gasteiger partial charge in [-0.05, 0) is 6.92 Å². The van der Waals surface area contributed by atoms with Crippen molar-refractivity contribution in [1.82, 2.24) is 5.32 Å². The van der Waals surface area contributed by atoms with E-state index in [9.17, 15) is 14.7 Å². The molecule has 7 nitrogen and oxygen atoms in total. The molecule has 0 aromatic rings. The van der Waals surface area contributed by atoms with Crippen molar-refractivity contribution in [3.05, 3.63) is 0 Å². The van der Waals surface area contributed by atoms with Crippen LogP contribution in [-0.2, 0) is 14.3 Å². The Balaban J connectivity index is 2.40. The number of carbonyl (C=O) groups is 2. The minimum absolute atomic E-state index is 0.0142. The van der Waals surface area contributed by atoms with E-state index in [1.54, 1.807) is 6.92 Å². The second-order valence-corrected chi connectivity index (χ2v) is 4.29. The summed E-state index contributed by atoms with van der Waals surface area (Å²) in [6, 6.07) is -1.10. The molecule has 3 atom stereocenters. The Bertz CT molecular complexity index is 309. The molecule has 1 amide bonds. The summed E-state index contributed by atoms with van der Waals surface area (Å²) in [6.07, 6.45) is -0.364. The van der Waals surface area contributed by atoms with Gasteiger partial charge in [0.2, 0.25) is 5.91 Å². The van der Waals surface area contributed by atoms with E-state index in [1.165, 1.54) is 0 Å². The van der Waals surface area contributed by atoms with E-state index in [2.05, 4.69) is 5.32 Å². The number of carboxylic acid groups (broad SMARTS) is 1. The fraction of sp³-hybridized carbons (Fsp3) is 0.800. The number of rotatable bonds is 5. The summed E-state index contributed by atoms with van der Waals surface area (Å²) in [5, 5.41) is 21.0.